The fourth-order valence-electron chi connectivity index (χ4n) is 1.01. The van der Waals surface area contributed by atoms with Crippen molar-refractivity contribution in [2.45, 2.75) is 6.42 Å². The van der Waals surface area contributed by atoms with Crippen molar-refractivity contribution in [1.82, 2.24) is 0 Å². The molecule has 0 unspecified atom stereocenters. The lowest BCUT2D eigenvalue weighted by molar-refractivity contribution is -0.126. The van der Waals surface area contributed by atoms with Gasteiger partial charge < -0.3 is 0 Å². The van der Waals surface area contributed by atoms with Crippen molar-refractivity contribution in [1.29, 1.82) is 10.5 Å². The molecule has 0 radical (unpaired) electrons. The average Bonchev–Trinajstić information content (AvgIpc) is 2.21. The molecular formula is C8H2Cl2N2O2. The van der Waals surface area contributed by atoms with Gasteiger partial charge in [0.25, 0.3) is 0 Å². The SMILES string of the molecule is N#CC1(C#N)CC(=O)C(Cl)=C(Cl)C1=O. The number of allylic oxidation sites excluding steroid dienone is 2. The Morgan fingerprint density at radius 1 is 1.14 bits per heavy atom. The molecule has 0 atom stereocenters. The third kappa shape index (κ3) is 1.29. The van der Waals surface area contributed by atoms with E-state index in [0.29, 0.717) is 0 Å². The summed E-state index contributed by atoms with van der Waals surface area (Å²) in [4.78, 5) is 22.5. The van der Waals surface area contributed by atoms with Crippen LogP contribution in [0.1, 0.15) is 6.42 Å². The summed E-state index contributed by atoms with van der Waals surface area (Å²) in [6.07, 6.45) is -0.534. The molecule has 0 saturated carbocycles. The molecule has 0 aromatic carbocycles. The largest absolute Gasteiger partial charge is 0.293 e. The number of rotatable bonds is 0. The standard InChI is InChI=1S/C8H2Cl2N2O2/c9-5-4(13)1-8(2-11,3-12)7(14)6(5)10/h1H2. The molecule has 1 rings (SSSR count). The highest BCUT2D eigenvalue weighted by molar-refractivity contribution is 6.56. The van der Waals surface area contributed by atoms with E-state index in [1.807, 2.05) is 0 Å². The molecule has 0 fully saturated rings. The minimum Gasteiger partial charge on any atom is -0.293 e. The molecule has 4 nitrogen and oxygen atoms in total. The topological polar surface area (TPSA) is 81.7 Å². The maximum Gasteiger partial charge on any atom is 0.214 e. The molecule has 0 saturated heterocycles. The van der Waals surface area contributed by atoms with E-state index in [-0.39, 0.29) is 0 Å². The van der Waals surface area contributed by atoms with Crippen molar-refractivity contribution in [2.75, 3.05) is 0 Å². The molecular weight excluding hydrogens is 227 g/mol. The zero-order valence-electron chi connectivity index (χ0n) is 6.67. The highest BCUT2D eigenvalue weighted by Gasteiger charge is 2.48. The number of ketones is 2. The summed E-state index contributed by atoms with van der Waals surface area (Å²) >= 11 is 10.8. The molecule has 14 heavy (non-hydrogen) atoms. The number of carbonyl (C=O) groups excluding carboxylic acids is 2. The molecule has 0 aromatic heterocycles. The fourth-order valence-corrected chi connectivity index (χ4v) is 1.43. The van der Waals surface area contributed by atoms with Gasteiger partial charge in [-0.2, -0.15) is 10.5 Å². The minimum absolute atomic E-state index is 0.405. The Hall–Kier alpha value is -1.36. The summed E-state index contributed by atoms with van der Waals surface area (Å²) in [5, 5.41) is 16.4. The van der Waals surface area contributed by atoms with Gasteiger partial charge in [0.05, 0.1) is 18.6 Å². The van der Waals surface area contributed by atoms with Gasteiger partial charge >= 0.3 is 0 Å². The zero-order valence-corrected chi connectivity index (χ0v) is 8.19. The predicted molar refractivity (Wildman–Crippen MR) is 47.0 cm³/mol. The van der Waals surface area contributed by atoms with Crippen molar-refractivity contribution in [3.63, 3.8) is 0 Å². The van der Waals surface area contributed by atoms with Crippen LogP contribution in [0, 0.1) is 28.1 Å². The summed E-state index contributed by atoms with van der Waals surface area (Å²) in [6.45, 7) is 0. The van der Waals surface area contributed by atoms with E-state index in [1.54, 1.807) is 0 Å². The molecule has 70 valence electrons. The summed E-state index contributed by atoms with van der Waals surface area (Å²) in [6, 6.07) is 2.98. The Balaban J connectivity index is 3.39. The van der Waals surface area contributed by atoms with Gasteiger partial charge in [-0.3, -0.25) is 9.59 Å². The Kier molecular flexibility index (Phi) is 2.62. The highest BCUT2D eigenvalue weighted by atomic mass is 35.5. The van der Waals surface area contributed by atoms with Crippen LogP contribution in [0.5, 0.6) is 0 Å². The van der Waals surface area contributed by atoms with Crippen LogP contribution in [-0.4, -0.2) is 11.6 Å². The second kappa shape index (κ2) is 3.42. The van der Waals surface area contributed by atoms with Gasteiger partial charge in [-0.05, 0) is 0 Å². The molecule has 0 bridgehead atoms. The predicted octanol–water partition coefficient (Wildman–Crippen LogP) is 1.25. The lowest BCUT2D eigenvalue weighted by atomic mass is 9.78. The summed E-state index contributed by atoms with van der Waals surface area (Å²) in [5.74, 6) is -1.58. The maximum atomic E-state index is 11.4. The lowest BCUT2D eigenvalue weighted by Crippen LogP contribution is -2.35. The lowest BCUT2D eigenvalue weighted by Gasteiger charge is -2.20. The summed E-state index contributed by atoms with van der Waals surface area (Å²) in [7, 11) is 0. The first-order chi connectivity index (χ1) is 6.48. The Morgan fingerprint density at radius 3 is 2.07 bits per heavy atom. The van der Waals surface area contributed by atoms with E-state index in [4.69, 9.17) is 33.7 Å². The average molecular weight is 229 g/mol. The number of hydrogen-bond acceptors (Lipinski definition) is 4. The van der Waals surface area contributed by atoms with E-state index in [0.717, 1.165) is 0 Å². The Labute approximate surface area is 89.3 Å². The molecule has 0 amide bonds. The first-order valence-electron chi connectivity index (χ1n) is 3.44. The third-order valence-corrected chi connectivity index (χ3v) is 2.69. The van der Waals surface area contributed by atoms with E-state index < -0.39 is 33.5 Å². The maximum absolute atomic E-state index is 11.4. The van der Waals surface area contributed by atoms with Crippen molar-refractivity contribution in [3.8, 4) is 12.1 Å². The second-order valence-corrected chi connectivity index (χ2v) is 3.44. The number of Topliss-reactive ketones (excluding diaryl/α,β-unsaturated/α-hetero) is 2. The first-order valence-corrected chi connectivity index (χ1v) is 4.20. The molecule has 0 aromatic rings. The van der Waals surface area contributed by atoms with E-state index >= 15 is 0 Å². The number of nitrogens with zero attached hydrogens (tertiary/aromatic N) is 2. The minimum atomic E-state index is -2.01. The van der Waals surface area contributed by atoms with Crippen LogP contribution in [0.3, 0.4) is 0 Å². The second-order valence-electron chi connectivity index (χ2n) is 2.69. The number of hydrogen-bond donors (Lipinski definition) is 0. The van der Waals surface area contributed by atoms with Crippen LogP contribution in [0.15, 0.2) is 10.1 Å². The van der Waals surface area contributed by atoms with Gasteiger partial charge in [0.15, 0.2) is 5.78 Å². The monoisotopic (exact) mass is 228 g/mol. The van der Waals surface area contributed by atoms with Gasteiger partial charge in [-0.25, -0.2) is 0 Å². The van der Waals surface area contributed by atoms with Crippen LogP contribution < -0.4 is 0 Å². The summed E-state index contributed by atoms with van der Waals surface area (Å²) in [5.41, 5.74) is -2.01. The normalized spacial score (nSPS) is 20.3. The van der Waals surface area contributed by atoms with Gasteiger partial charge in [0.1, 0.15) is 10.1 Å². The molecule has 0 spiro atoms. The van der Waals surface area contributed by atoms with Gasteiger partial charge in [0, 0.05) is 0 Å². The smallest absolute Gasteiger partial charge is 0.214 e. The third-order valence-electron chi connectivity index (χ3n) is 1.83. The molecule has 0 heterocycles. The number of nitriles is 2. The molecule has 1 aliphatic rings. The molecule has 1 aliphatic carbocycles. The van der Waals surface area contributed by atoms with Crippen molar-refractivity contribution >= 4 is 34.8 Å². The van der Waals surface area contributed by atoms with E-state index in [9.17, 15) is 9.59 Å². The van der Waals surface area contributed by atoms with Crippen LogP contribution in [0.4, 0.5) is 0 Å². The quantitative estimate of drug-likeness (QED) is 0.625. The van der Waals surface area contributed by atoms with E-state index in [2.05, 4.69) is 0 Å². The fraction of sp³-hybridized carbons (Fsp3) is 0.250. The number of carbonyl (C=O) groups is 2. The summed E-state index contributed by atoms with van der Waals surface area (Å²) < 4.78 is 0. The molecule has 0 aliphatic heterocycles. The molecule has 6 heteroatoms. The number of halogens is 2. The van der Waals surface area contributed by atoms with E-state index in [1.165, 1.54) is 12.1 Å². The van der Waals surface area contributed by atoms with Crippen LogP contribution >= 0.6 is 23.2 Å². The Bertz CT molecular complexity index is 425. The van der Waals surface area contributed by atoms with Crippen LogP contribution in [0.2, 0.25) is 0 Å². The highest BCUT2D eigenvalue weighted by Crippen LogP contribution is 2.36. The van der Waals surface area contributed by atoms with Crippen molar-refractivity contribution < 1.29 is 9.59 Å². The van der Waals surface area contributed by atoms with Crippen LogP contribution in [-0.2, 0) is 9.59 Å². The zero-order chi connectivity index (χ0) is 10.9. The first kappa shape index (κ1) is 10.7. The van der Waals surface area contributed by atoms with Crippen molar-refractivity contribution in [2.24, 2.45) is 5.41 Å². The Morgan fingerprint density at radius 2 is 1.64 bits per heavy atom. The molecule has 0 N–H and O–H groups in total. The van der Waals surface area contributed by atoms with Gasteiger partial charge in [-0.1, -0.05) is 23.2 Å². The van der Waals surface area contributed by atoms with Gasteiger partial charge in [-0.15, -0.1) is 0 Å². The van der Waals surface area contributed by atoms with Crippen molar-refractivity contribution in [3.05, 3.63) is 10.1 Å². The van der Waals surface area contributed by atoms with Gasteiger partial charge in [0.2, 0.25) is 11.2 Å². The van der Waals surface area contributed by atoms with Crippen LogP contribution in [0.25, 0.3) is 0 Å².